The Morgan fingerprint density at radius 3 is 2.67 bits per heavy atom. The zero-order valence-corrected chi connectivity index (χ0v) is 13.7. The normalized spacial score (nSPS) is 14.3. The lowest BCUT2D eigenvalue weighted by atomic mass is 10.1. The van der Waals surface area contributed by atoms with Crippen LogP contribution in [-0.4, -0.2) is 47.9 Å². The van der Waals surface area contributed by atoms with Crippen LogP contribution in [0.5, 0.6) is 0 Å². The number of anilines is 1. The molecule has 0 saturated carbocycles. The van der Waals surface area contributed by atoms with E-state index in [1.807, 2.05) is 0 Å². The van der Waals surface area contributed by atoms with E-state index in [2.05, 4.69) is 15.6 Å². The number of halogens is 1. The van der Waals surface area contributed by atoms with Gasteiger partial charge in [0.25, 0.3) is 11.8 Å². The molecular weight excluding hydrogens is 328 g/mol. The molecule has 7 heteroatoms. The van der Waals surface area contributed by atoms with Crippen LogP contribution < -0.4 is 10.6 Å². The van der Waals surface area contributed by atoms with E-state index in [-0.39, 0.29) is 11.8 Å². The number of pyridine rings is 1. The van der Waals surface area contributed by atoms with Gasteiger partial charge < -0.3 is 15.5 Å². The predicted molar refractivity (Wildman–Crippen MR) is 92.4 cm³/mol. The summed E-state index contributed by atoms with van der Waals surface area (Å²) in [6, 6.07) is 8.25. The van der Waals surface area contributed by atoms with Crippen LogP contribution >= 0.6 is 11.6 Å². The van der Waals surface area contributed by atoms with Crippen molar-refractivity contribution >= 4 is 29.1 Å². The maximum Gasteiger partial charge on any atom is 0.257 e. The maximum atomic E-state index is 12.6. The molecular formula is C17H17ClN4O2. The molecule has 0 radical (unpaired) electrons. The first-order valence-corrected chi connectivity index (χ1v) is 8.04. The molecule has 6 nitrogen and oxygen atoms in total. The van der Waals surface area contributed by atoms with Crippen LogP contribution in [0.15, 0.2) is 42.7 Å². The predicted octanol–water partition coefficient (Wildman–Crippen LogP) is 2.03. The van der Waals surface area contributed by atoms with E-state index in [4.69, 9.17) is 11.6 Å². The summed E-state index contributed by atoms with van der Waals surface area (Å²) >= 11 is 6.15. The number of nitrogens with zero attached hydrogens (tertiary/aromatic N) is 2. The third-order valence-corrected chi connectivity index (χ3v) is 4.12. The topological polar surface area (TPSA) is 74.3 Å². The Hall–Kier alpha value is -2.44. The molecule has 2 heterocycles. The van der Waals surface area contributed by atoms with Crippen molar-refractivity contribution in [2.45, 2.75) is 0 Å². The number of carbonyl (C=O) groups excluding carboxylic acids is 2. The van der Waals surface area contributed by atoms with Crippen LogP contribution in [0, 0.1) is 0 Å². The number of nitrogens with one attached hydrogen (secondary N) is 2. The molecule has 1 aromatic heterocycles. The fourth-order valence-electron chi connectivity index (χ4n) is 2.50. The lowest BCUT2D eigenvalue weighted by Crippen LogP contribution is -2.46. The van der Waals surface area contributed by atoms with E-state index in [1.165, 1.54) is 6.20 Å². The zero-order valence-electron chi connectivity index (χ0n) is 13.0. The molecule has 1 saturated heterocycles. The van der Waals surface area contributed by atoms with Crippen molar-refractivity contribution in [1.29, 1.82) is 0 Å². The first kappa shape index (κ1) is 16.4. The van der Waals surface area contributed by atoms with Crippen molar-refractivity contribution in [3.8, 4) is 0 Å². The number of aromatic nitrogens is 1. The van der Waals surface area contributed by atoms with Crippen LogP contribution in [-0.2, 0) is 0 Å². The summed E-state index contributed by atoms with van der Waals surface area (Å²) < 4.78 is 0. The Morgan fingerprint density at radius 1 is 1.17 bits per heavy atom. The number of piperazine rings is 1. The maximum absolute atomic E-state index is 12.6. The zero-order chi connectivity index (χ0) is 16.9. The van der Waals surface area contributed by atoms with Crippen LogP contribution in [0.25, 0.3) is 0 Å². The quantitative estimate of drug-likeness (QED) is 0.893. The lowest BCUT2D eigenvalue weighted by Gasteiger charge is -2.27. The molecule has 2 aromatic rings. The van der Waals surface area contributed by atoms with Gasteiger partial charge in [-0.2, -0.15) is 0 Å². The molecule has 3 rings (SSSR count). The summed E-state index contributed by atoms with van der Waals surface area (Å²) in [5, 5.41) is 6.32. The minimum Gasteiger partial charge on any atom is -0.336 e. The third kappa shape index (κ3) is 3.72. The lowest BCUT2D eigenvalue weighted by molar-refractivity contribution is 0.0735. The van der Waals surface area contributed by atoms with Crippen molar-refractivity contribution in [3.63, 3.8) is 0 Å². The van der Waals surface area contributed by atoms with E-state index in [0.717, 1.165) is 13.1 Å². The second-order valence-corrected chi connectivity index (χ2v) is 5.84. The summed E-state index contributed by atoms with van der Waals surface area (Å²) in [6.45, 7) is 2.89. The molecule has 0 bridgehead atoms. The summed E-state index contributed by atoms with van der Waals surface area (Å²) in [6.07, 6.45) is 3.06. The van der Waals surface area contributed by atoms with Gasteiger partial charge in [0.15, 0.2) is 0 Å². The summed E-state index contributed by atoms with van der Waals surface area (Å²) in [7, 11) is 0. The van der Waals surface area contributed by atoms with E-state index in [1.54, 1.807) is 41.4 Å². The van der Waals surface area contributed by atoms with Crippen LogP contribution in [0.1, 0.15) is 20.7 Å². The molecule has 0 spiro atoms. The smallest absolute Gasteiger partial charge is 0.257 e. The van der Waals surface area contributed by atoms with E-state index in [0.29, 0.717) is 34.9 Å². The van der Waals surface area contributed by atoms with Gasteiger partial charge in [-0.3, -0.25) is 14.6 Å². The molecule has 1 aliphatic heterocycles. The minimum atomic E-state index is -0.322. The molecule has 2 amide bonds. The van der Waals surface area contributed by atoms with Crippen molar-refractivity contribution in [1.82, 2.24) is 15.2 Å². The number of benzene rings is 1. The number of amides is 2. The number of carbonyl (C=O) groups is 2. The van der Waals surface area contributed by atoms with Gasteiger partial charge in [0.05, 0.1) is 16.3 Å². The van der Waals surface area contributed by atoms with Gasteiger partial charge in [-0.25, -0.2) is 0 Å². The van der Waals surface area contributed by atoms with E-state index >= 15 is 0 Å². The van der Waals surface area contributed by atoms with E-state index in [9.17, 15) is 9.59 Å². The highest BCUT2D eigenvalue weighted by molar-refractivity contribution is 6.34. The minimum absolute atomic E-state index is 0.0648. The SMILES string of the molecule is O=C(Nc1cc(C(=O)N2CCNCC2)ccc1Cl)c1cccnc1. The molecule has 2 N–H and O–H groups in total. The fraction of sp³-hybridized carbons (Fsp3) is 0.235. The Bertz CT molecular complexity index is 746. The molecule has 1 fully saturated rings. The van der Waals surface area contributed by atoms with Gasteiger partial charge in [-0.1, -0.05) is 11.6 Å². The summed E-state index contributed by atoms with van der Waals surface area (Å²) in [4.78, 5) is 30.5. The monoisotopic (exact) mass is 344 g/mol. The standard InChI is InChI=1S/C17H17ClN4O2/c18-14-4-3-12(17(24)22-8-6-19-7-9-22)10-15(14)21-16(23)13-2-1-5-20-11-13/h1-5,10-11,19H,6-9H2,(H,21,23). The van der Waals surface area contributed by atoms with Gasteiger partial charge in [0.1, 0.15) is 0 Å². The van der Waals surface area contributed by atoms with Crippen LogP contribution in [0.4, 0.5) is 5.69 Å². The van der Waals surface area contributed by atoms with Gasteiger partial charge in [-0.05, 0) is 30.3 Å². The van der Waals surface area contributed by atoms with Gasteiger partial charge >= 0.3 is 0 Å². The molecule has 0 atom stereocenters. The van der Waals surface area contributed by atoms with Gasteiger partial charge in [0.2, 0.25) is 0 Å². The summed E-state index contributed by atoms with van der Waals surface area (Å²) in [5.41, 5.74) is 1.33. The molecule has 1 aliphatic rings. The number of rotatable bonds is 3. The molecule has 0 aliphatic carbocycles. The number of hydrogen-bond acceptors (Lipinski definition) is 4. The molecule has 1 aromatic carbocycles. The Morgan fingerprint density at radius 2 is 1.96 bits per heavy atom. The Kier molecular flexibility index (Phi) is 5.08. The van der Waals surface area contributed by atoms with Gasteiger partial charge in [0, 0.05) is 44.1 Å². The van der Waals surface area contributed by atoms with E-state index < -0.39 is 0 Å². The van der Waals surface area contributed by atoms with Crippen molar-refractivity contribution in [3.05, 3.63) is 58.9 Å². The first-order valence-electron chi connectivity index (χ1n) is 7.66. The Labute approximate surface area is 144 Å². The van der Waals surface area contributed by atoms with Gasteiger partial charge in [-0.15, -0.1) is 0 Å². The molecule has 24 heavy (non-hydrogen) atoms. The average molecular weight is 345 g/mol. The fourth-order valence-corrected chi connectivity index (χ4v) is 2.66. The highest BCUT2D eigenvalue weighted by Gasteiger charge is 2.19. The largest absolute Gasteiger partial charge is 0.336 e. The average Bonchev–Trinajstić information content (AvgIpc) is 2.64. The van der Waals surface area contributed by atoms with Crippen LogP contribution in [0.2, 0.25) is 5.02 Å². The summed E-state index contributed by atoms with van der Waals surface area (Å²) in [5.74, 6) is -0.387. The van der Waals surface area contributed by atoms with Crippen molar-refractivity contribution in [2.75, 3.05) is 31.5 Å². The van der Waals surface area contributed by atoms with Crippen LogP contribution in [0.3, 0.4) is 0 Å². The number of hydrogen-bond donors (Lipinski definition) is 2. The van der Waals surface area contributed by atoms with Crippen molar-refractivity contribution < 1.29 is 9.59 Å². The second kappa shape index (κ2) is 7.42. The van der Waals surface area contributed by atoms with Crippen molar-refractivity contribution in [2.24, 2.45) is 0 Å². The third-order valence-electron chi connectivity index (χ3n) is 3.79. The highest BCUT2D eigenvalue weighted by Crippen LogP contribution is 2.24. The molecule has 0 unspecified atom stereocenters. The molecule has 124 valence electrons. The first-order chi connectivity index (χ1) is 11.6. The Balaban J connectivity index is 1.78. The second-order valence-electron chi connectivity index (χ2n) is 5.43. The highest BCUT2D eigenvalue weighted by atomic mass is 35.5.